The van der Waals surface area contributed by atoms with Crippen molar-refractivity contribution >= 4 is 39.5 Å². The molecule has 17 nitrogen and oxygen atoms in total. The average molecular weight is 1130 g/mol. The maximum atomic E-state index is 12.9. The Morgan fingerprint density at radius 3 is 0.776 bits per heavy atom. The van der Waals surface area contributed by atoms with E-state index >= 15 is 0 Å². The third-order valence-electron chi connectivity index (χ3n) is 13.1. The van der Waals surface area contributed by atoms with Crippen LogP contribution in [0.2, 0.25) is 0 Å². The summed E-state index contributed by atoms with van der Waals surface area (Å²) in [6.45, 7) is 4.74. The van der Waals surface area contributed by atoms with E-state index in [4.69, 9.17) is 37.0 Å². The van der Waals surface area contributed by atoms with Crippen LogP contribution in [0.25, 0.3) is 0 Å². The van der Waals surface area contributed by atoms with Gasteiger partial charge < -0.3 is 33.8 Å². The van der Waals surface area contributed by atoms with E-state index in [1.807, 2.05) is 0 Å². The van der Waals surface area contributed by atoms with Crippen LogP contribution in [0.5, 0.6) is 0 Å². The zero-order valence-electron chi connectivity index (χ0n) is 48.2. The SMILES string of the molecule is CCCCCCCCCCCCCC(=O)O[C@H](COC(=O)CCCCCCCCCCCC)COP(=O)(O)OC[C@@H](O)COP(=O)(O)OC[C@@H](COC(=O)CCCCCCC)OC(=O)CCCCCCCCCCCC. The van der Waals surface area contributed by atoms with Gasteiger partial charge in [-0.2, -0.15) is 0 Å². The van der Waals surface area contributed by atoms with E-state index in [9.17, 15) is 43.2 Å². The minimum Gasteiger partial charge on any atom is -0.462 e. The highest BCUT2D eigenvalue weighted by Gasteiger charge is 2.30. The monoisotopic (exact) mass is 1130 g/mol. The predicted octanol–water partition coefficient (Wildman–Crippen LogP) is 15.2. The summed E-state index contributed by atoms with van der Waals surface area (Å²) in [5.41, 5.74) is 0. The Bertz CT molecular complexity index is 1490. The predicted molar refractivity (Wildman–Crippen MR) is 299 cm³/mol. The van der Waals surface area contributed by atoms with Gasteiger partial charge in [0.1, 0.15) is 19.3 Å². The third-order valence-corrected chi connectivity index (χ3v) is 15.0. The molecular weight excluding hydrogens is 1020 g/mol. The molecule has 0 spiro atoms. The lowest BCUT2D eigenvalue weighted by Gasteiger charge is -2.21. The number of aliphatic hydroxyl groups excluding tert-OH is 1. The number of hydrogen-bond donors (Lipinski definition) is 3. The quantitative estimate of drug-likeness (QED) is 0.0222. The van der Waals surface area contributed by atoms with Crippen LogP contribution in [-0.2, 0) is 65.4 Å². The van der Waals surface area contributed by atoms with Gasteiger partial charge in [0.05, 0.1) is 26.4 Å². The lowest BCUT2D eigenvalue weighted by Crippen LogP contribution is -2.30. The number of rotatable bonds is 58. The molecule has 19 heteroatoms. The van der Waals surface area contributed by atoms with Gasteiger partial charge in [-0.3, -0.25) is 37.3 Å². The molecule has 0 aliphatic rings. The minimum absolute atomic E-state index is 0.106. The molecule has 0 fully saturated rings. The molecule has 0 bridgehead atoms. The molecule has 0 rings (SSSR count). The molecule has 2 unspecified atom stereocenters. The Hall–Kier alpha value is -1.94. The summed E-state index contributed by atoms with van der Waals surface area (Å²) >= 11 is 0. The number of phosphoric ester groups is 2. The van der Waals surface area contributed by atoms with Crippen LogP contribution in [0.4, 0.5) is 0 Å². The molecular formula is C57H110O17P2. The molecule has 0 aromatic rings. The van der Waals surface area contributed by atoms with Crippen molar-refractivity contribution in [2.75, 3.05) is 39.6 Å². The molecule has 0 aliphatic carbocycles. The van der Waals surface area contributed by atoms with Crippen molar-refractivity contribution in [2.24, 2.45) is 0 Å². The first kappa shape index (κ1) is 74.1. The highest BCUT2D eigenvalue weighted by molar-refractivity contribution is 7.47. The molecule has 3 N–H and O–H groups in total. The number of carbonyl (C=O) groups is 4. The van der Waals surface area contributed by atoms with Crippen LogP contribution in [0.3, 0.4) is 0 Å². The van der Waals surface area contributed by atoms with Crippen molar-refractivity contribution in [3.05, 3.63) is 0 Å². The summed E-state index contributed by atoms with van der Waals surface area (Å²) in [4.78, 5) is 71.6. The Morgan fingerprint density at radius 1 is 0.316 bits per heavy atom. The van der Waals surface area contributed by atoms with Crippen LogP contribution in [-0.4, -0.2) is 96.7 Å². The third kappa shape index (κ3) is 51.5. The number of hydrogen-bond acceptors (Lipinski definition) is 15. The normalized spacial score (nSPS) is 14.4. The largest absolute Gasteiger partial charge is 0.472 e. The van der Waals surface area contributed by atoms with Gasteiger partial charge in [0.25, 0.3) is 0 Å². The summed E-state index contributed by atoms with van der Waals surface area (Å²) in [5.74, 6) is -2.15. The molecule has 0 radical (unpaired) electrons. The van der Waals surface area contributed by atoms with Crippen molar-refractivity contribution in [3.63, 3.8) is 0 Å². The Morgan fingerprint density at radius 2 is 0.526 bits per heavy atom. The number of phosphoric acid groups is 2. The van der Waals surface area contributed by atoms with Gasteiger partial charge in [-0.25, -0.2) is 9.13 Å². The van der Waals surface area contributed by atoms with Crippen LogP contribution < -0.4 is 0 Å². The summed E-state index contributed by atoms with van der Waals surface area (Å²) in [6, 6.07) is 0. The van der Waals surface area contributed by atoms with E-state index in [0.29, 0.717) is 25.7 Å². The molecule has 5 atom stereocenters. The second-order valence-electron chi connectivity index (χ2n) is 20.7. The molecule has 0 amide bonds. The first-order chi connectivity index (χ1) is 36.7. The van der Waals surface area contributed by atoms with E-state index in [1.165, 1.54) is 109 Å². The molecule has 0 saturated heterocycles. The first-order valence-electron chi connectivity index (χ1n) is 30.3. The van der Waals surface area contributed by atoms with Crippen molar-refractivity contribution in [2.45, 2.75) is 303 Å². The Balaban J connectivity index is 5.18. The Labute approximate surface area is 460 Å². The van der Waals surface area contributed by atoms with Gasteiger partial charge in [0, 0.05) is 25.7 Å². The average Bonchev–Trinajstić information content (AvgIpc) is 3.39. The lowest BCUT2D eigenvalue weighted by molar-refractivity contribution is -0.161. The molecule has 0 aromatic heterocycles. The van der Waals surface area contributed by atoms with Gasteiger partial charge in [-0.15, -0.1) is 0 Å². The fourth-order valence-corrected chi connectivity index (χ4v) is 9.98. The highest BCUT2D eigenvalue weighted by Crippen LogP contribution is 2.45. The standard InChI is InChI=1S/C57H110O17P2/c1-5-9-13-17-20-23-26-29-32-36-40-44-57(62)74-53(48-68-55(60)42-38-34-30-27-24-21-18-14-10-6-2)50-72-76(65,66)70-46-51(58)45-69-75(63,64)71-49-52(47-67-54(59)41-37-33-16-12-8-4)73-56(61)43-39-35-31-28-25-22-19-15-11-7-3/h51-53,58H,5-50H2,1-4H3,(H,63,64)(H,65,66)/t51-,52+,53+/m0/s1. The van der Waals surface area contributed by atoms with Gasteiger partial charge in [-0.1, -0.05) is 233 Å². The van der Waals surface area contributed by atoms with Crippen molar-refractivity contribution in [3.8, 4) is 0 Å². The lowest BCUT2D eigenvalue weighted by atomic mass is 10.1. The topological polar surface area (TPSA) is 237 Å². The fraction of sp³-hybridized carbons (Fsp3) is 0.930. The van der Waals surface area contributed by atoms with Gasteiger partial charge in [0.2, 0.25) is 0 Å². The fourth-order valence-electron chi connectivity index (χ4n) is 8.40. The van der Waals surface area contributed by atoms with Crippen LogP contribution >= 0.6 is 15.6 Å². The molecule has 0 aromatic carbocycles. The van der Waals surface area contributed by atoms with Gasteiger partial charge in [0.15, 0.2) is 12.2 Å². The minimum atomic E-state index is -4.93. The van der Waals surface area contributed by atoms with Crippen molar-refractivity contribution in [1.29, 1.82) is 0 Å². The van der Waals surface area contributed by atoms with Gasteiger partial charge in [-0.05, 0) is 25.7 Å². The number of carbonyl (C=O) groups excluding carboxylic acids is 4. The summed E-state index contributed by atoms with van der Waals surface area (Å²) < 4.78 is 67.5. The number of aliphatic hydroxyl groups is 1. The smallest absolute Gasteiger partial charge is 0.462 e. The zero-order chi connectivity index (χ0) is 56.2. The van der Waals surface area contributed by atoms with E-state index < -0.39 is 97.5 Å². The summed E-state index contributed by atoms with van der Waals surface area (Å²) in [6.07, 6.45) is 35.0. The molecule has 450 valence electrons. The second kappa shape index (κ2) is 52.4. The van der Waals surface area contributed by atoms with Crippen molar-refractivity contribution < 1.29 is 80.2 Å². The maximum Gasteiger partial charge on any atom is 0.472 e. The molecule has 0 heterocycles. The number of ether oxygens (including phenoxy) is 4. The Kier molecular flexibility index (Phi) is 51.1. The van der Waals surface area contributed by atoms with Crippen LogP contribution in [0, 0.1) is 0 Å². The number of unbranched alkanes of at least 4 members (excludes halogenated alkanes) is 32. The molecule has 76 heavy (non-hydrogen) atoms. The van der Waals surface area contributed by atoms with E-state index in [1.54, 1.807) is 0 Å². The van der Waals surface area contributed by atoms with E-state index in [-0.39, 0.29) is 25.7 Å². The zero-order valence-corrected chi connectivity index (χ0v) is 50.0. The van der Waals surface area contributed by atoms with Crippen LogP contribution in [0.15, 0.2) is 0 Å². The molecule has 0 saturated carbocycles. The summed E-state index contributed by atoms with van der Waals surface area (Å²) in [7, 11) is -9.86. The maximum absolute atomic E-state index is 12.9. The van der Waals surface area contributed by atoms with Gasteiger partial charge >= 0.3 is 39.5 Å². The first-order valence-corrected chi connectivity index (χ1v) is 33.3. The highest BCUT2D eigenvalue weighted by atomic mass is 31.2. The molecule has 0 aliphatic heterocycles. The van der Waals surface area contributed by atoms with Crippen LogP contribution in [0.1, 0.15) is 285 Å². The number of esters is 4. The van der Waals surface area contributed by atoms with Crippen molar-refractivity contribution in [1.82, 2.24) is 0 Å². The van der Waals surface area contributed by atoms with E-state index in [2.05, 4.69) is 27.7 Å². The summed E-state index contributed by atoms with van der Waals surface area (Å²) in [5, 5.41) is 10.5. The van der Waals surface area contributed by atoms with E-state index in [0.717, 1.165) is 96.3 Å². The second-order valence-corrected chi connectivity index (χ2v) is 23.6.